The Hall–Kier alpha value is -0.700. The normalized spacial score (nSPS) is 35.0. The van der Waals surface area contributed by atoms with Gasteiger partial charge in [0.2, 0.25) is 0 Å². The molecular formula is C13H24N2O5S. The number of carbonyl (C=O) groups is 1. The molecule has 0 saturated carbocycles. The van der Waals surface area contributed by atoms with Gasteiger partial charge >= 0.3 is 5.97 Å². The van der Waals surface area contributed by atoms with Crippen molar-refractivity contribution in [2.75, 3.05) is 19.6 Å². The molecule has 0 bridgehead atoms. The molecule has 0 radical (unpaired) electrons. The van der Waals surface area contributed by atoms with Gasteiger partial charge in [-0.3, -0.25) is 0 Å². The minimum Gasteiger partial charge on any atom is -0.479 e. The monoisotopic (exact) mass is 320 g/mol. The lowest BCUT2D eigenvalue weighted by Gasteiger charge is -2.34. The third kappa shape index (κ3) is 4.38. The fraction of sp³-hybridized carbons (Fsp3) is 0.923. The first-order valence-electron chi connectivity index (χ1n) is 7.41. The molecule has 2 fully saturated rings. The maximum absolute atomic E-state index is 12.3. The summed E-state index contributed by atoms with van der Waals surface area (Å²) in [5, 5.41) is 8.85. The molecule has 8 heteroatoms. The highest BCUT2D eigenvalue weighted by atomic mass is 32.2. The predicted molar refractivity (Wildman–Crippen MR) is 77.0 cm³/mol. The summed E-state index contributed by atoms with van der Waals surface area (Å²) < 4.78 is 33.9. The lowest BCUT2D eigenvalue weighted by atomic mass is 9.94. The van der Waals surface area contributed by atoms with Gasteiger partial charge in [-0.2, -0.15) is 17.4 Å². The molecule has 0 aromatic rings. The van der Waals surface area contributed by atoms with E-state index in [4.69, 9.17) is 9.84 Å². The number of carboxylic acid groups (broad SMARTS) is 1. The average molecular weight is 320 g/mol. The van der Waals surface area contributed by atoms with Crippen LogP contribution < -0.4 is 4.72 Å². The van der Waals surface area contributed by atoms with Crippen LogP contribution in [-0.2, 0) is 19.7 Å². The van der Waals surface area contributed by atoms with Gasteiger partial charge in [0.1, 0.15) is 0 Å². The van der Waals surface area contributed by atoms with Crippen LogP contribution in [0.3, 0.4) is 0 Å². The summed E-state index contributed by atoms with van der Waals surface area (Å²) in [5.41, 5.74) is 0. The Bertz CT molecular complexity index is 471. The van der Waals surface area contributed by atoms with Crippen LogP contribution in [0.4, 0.5) is 0 Å². The van der Waals surface area contributed by atoms with Crippen LogP contribution in [0, 0.1) is 11.8 Å². The molecule has 0 aromatic carbocycles. The zero-order valence-electron chi connectivity index (χ0n) is 12.5. The molecule has 2 rings (SSSR count). The highest BCUT2D eigenvalue weighted by Crippen LogP contribution is 2.23. The molecule has 4 atom stereocenters. The number of hydrogen-bond donors (Lipinski definition) is 2. The second-order valence-electron chi connectivity index (χ2n) is 6.28. The summed E-state index contributed by atoms with van der Waals surface area (Å²) in [7, 11) is -3.52. The molecule has 122 valence electrons. The second kappa shape index (κ2) is 6.60. The molecule has 0 spiro atoms. The first-order chi connectivity index (χ1) is 9.78. The Labute approximate surface area is 125 Å². The largest absolute Gasteiger partial charge is 0.479 e. The summed E-state index contributed by atoms with van der Waals surface area (Å²) in [6.07, 6.45) is 0.860. The van der Waals surface area contributed by atoms with E-state index in [1.165, 1.54) is 4.31 Å². The number of carboxylic acids is 1. The SMILES string of the molecule is CC1CC(C)CN(S(=O)(=O)NCC2CCC(C(=O)O)O2)C1. The van der Waals surface area contributed by atoms with Gasteiger partial charge in [0.25, 0.3) is 10.2 Å². The second-order valence-corrected chi connectivity index (χ2v) is 8.03. The van der Waals surface area contributed by atoms with Crippen LogP contribution in [0.1, 0.15) is 33.1 Å². The zero-order chi connectivity index (χ0) is 15.6. The number of rotatable bonds is 5. The van der Waals surface area contributed by atoms with Gasteiger partial charge in [0.15, 0.2) is 6.10 Å². The van der Waals surface area contributed by atoms with Crippen molar-refractivity contribution < 1.29 is 23.1 Å². The number of hydrogen-bond acceptors (Lipinski definition) is 4. The molecule has 4 unspecified atom stereocenters. The maximum Gasteiger partial charge on any atom is 0.332 e. The van der Waals surface area contributed by atoms with E-state index in [2.05, 4.69) is 18.6 Å². The molecule has 2 saturated heterocycles. The van der Waals surface area contributed by atoms with Crippen LogP contribution >= 0.6 is 0 Å². The zero-order valence-corrected chi connectivity index (χ0v) is 13.3. The topological polar surface area (TPSA) is 95.9 Å². The Kier molecular flexibility index (Phi) is 5.24. The molecule has 2 N–H and O–H groups in total. The van der Waals surface area contributed by atoms with Crippen LogP contribution in [0.2, 0.25) is 0 Å². The molecule has 7 nitrogen and oxygen atoms in total. The van der Waals surface area contributed by atoms with Gasteiger partial charge in [-0.05, 0) is 31.1 Å². The van der Waals surface area contributed by atoms with Crippen LogP contribution in [0.25, 0.3) is 0 Å². The fourth-order valence-electron chi connectivity index (χ4n) is 3.13. The lowest BCUT2D eigenvalue weighted by Crippen LogP contribution is -2.49. The summed E-state index contributed by atoms with van der Waals surface area (Å²) in [4.78, 5) is 10.8. The minimum absolute atomic E-state index is 0.130. The van der Waals surface area contributed by atoms with Crippen LogP contribution in [-0.4, -0.2) is 55.6 Å². The molecule has 0 amide bonds. The fourth-order valence-corrected chi connectivity index (χ4v) is 4.61. The lowest BCUT2D eigenvalue weighted by molar-refractivity contribution is -0.149. The van der Waals surface area contributed by atoms with Crippen molar-refractivity contribution in [1.82, 2.24) is 9.03 Å². The average Bonchev–Trinajstić information content (AvgIpc) is 2.84. The van der Waals surface area contributed by atoms with Crippen molar-refractivity contribution in [3.8, 4) is 0 Å². The van der Waals surface area contributed by atoms with Crippen molar-refractivity contribution in [2.45, 2.75) is 45.3 Å². The van der Waals surface area contributed by atoms with E-state index in [9.17, 15) is 13.2 Å². The van der Waals surface area contributed by atoms with Gasteiger partial charge in [-0.15, -0.1) is 0 Å². The van der Waals surface area contributed by atoms with Gasteiger partial charge in [-0.25, -0.2) is 4.79 Å². The van der Waals surface area contributed by atoms with E-state index in [-0.39, 0.29) is 12.6 Å². The number of aliphatic carboxylic acids is 1. The van der Waals surface area contributed by atoms with Gasteiger partial charge < -0.3 is 9.84 Å². The first kappa shape index (κ1) is 16.7. The molecule has 2 aliphatic rings. The van der Waals surface area contributed by atoms with Crippen molar-refractivity contribution >= 4 is 16.2 Å². The number of nitrogens with zero attached hydrogens (tertiary/aromatic N) is 1. The van der Waals surface area contributed by atoms with Crippen molar-refractivity contribution in [1.29, 1.82) is 0 Å². The molecule has 2 heterocycles. The Morgan fingerprint density at radius 1 is 1.29 bits per heavy atom. The third-order valence-electron chi connectivity index (χ3n) is 4.05. The number of nitrogens with one attached hydrogen (secondary N) is 1. The van der Waals surface area contributed by atoms with Crippen molar-refractivity contribution in [3.05, 3.63) is 0 Å². The smallest absolute Gasteiger partial charge is 0.332 e. The van der Waals surface area contributed by atoms with Crippen LogP contribution in [0.5, 0.6) is 0 Å². The van der Waals surface area contributed by atoms with Gasteiger partial charge in [0.05, 0.1) is 6.10 Å². The molecule has 21 heavy (non-hydrogen) atoms. The maximum atomic E-state index is 12.3. The van der Waals surface area contributed by atoms with E-state index < -0.39 is 22.3 Å². The van der Waals surface area contributed by atoms with E-state index in [1.807, 2.05) is 0 Å². The summed E-state index contributed by atoms with van der Waals surface area (Å²) in [6.45, 7) is 5.29. The van der Waals surface area contributed by atoms with Crippen molar-refractivity contribution in [3.63, 3.8) is 0 Å². The van der Waals surface area contributed by atoms with E-state index in [0.29, 0.717) is 37.8 Å². The third-order valence-corrected chi connectivity index (χ3v) is 5.56. The van der Waals surface area contributed by atoms with Crippen molar-refractivity contribution in [2.24, 2.45) is 11.8 Å². The highest BCUT2D eigenvalue weighted by molar-refractivity contribution is 7.87. The summed E-state index contributed by atoms with van der Waals surface area (Å²) in [5.74, 6) is -0.284. The first-order valence-corrected chi connectivity index (χ1v) is 8.85. The predicted octanol–water partition coefficient (Wildman–Crippen LogP) is 0.431. The number of piperidine rings is 1. The van der Waals surface area contributed by atoms with E-state index in [1.54, 1.807) is 0 Å². The molecule has 2 aliphatic heterocycles. The minimum atomic E-state index is -3.52. The van der Waals surface area contributed by atoms with Gasteiger partial charge in [0, 0.05) is 19.6 Å². The van der Waals surface area contributed by atoms with Gasteiger partial charge in [-0.1, -0.05) is 13.8 Å². The summed E-state index contributed by atoms with van der Waals surface area (Å²) >= 11 is 0. The number of ether oxygens (including phenoxy) is 1. The Morgan fingerprint density at radius 3 is 2.43 bits per heavy atom. The molecule has 0 aromatic heterocycles. The summed E-state index contributed by atoms with van der Waals surface area (Å²) in [6, 6.07) is 0. The quantitative estimate of drug-likeness (QED) is 0.766. The van der Waals surface area contributed by atoms with E-state index >= 15 is 0 Å². The standard InChI is InChI=1S/C13H24N2O5S/c1-9-5-10(2)8-15(7-9)21(18,19)14-6-11-3-4-12(20-11)13(16)17/h9-12,14H,3-8H2,1-2H3,(H,16,17). The van der Waals surface area contributed by atoms with E-state index in [0.717, 1.165) is 6.42 Å². The Balaban J connectivity index is 1.86. The van der Waals surface area contributed by atoms with Crippen LogP contribution in [0.15, 0.2) is 0 Å². The molecular weight excluding hydrogens is 296 g/mol. The Morgan fingerprint density at radius 2 is 1.90 bits per heavy atom. The highest BCUT2D eigenvalue weighted by Gasteiger charge is 2.33. The molecule has 0 aliphatic carbocycles.